The van der Waals surface area contributed by atoms with Gasteiger partial charge in [0.05, 0.1) is 10.7 Å². The predicted octanol–water partition coefficient (Wildman–Crippen LogP) is 4.01. The fourth-order valence-electron chi connectivity index (χ4n) is 3.55. The van der Waals surface area contributed by atoms with E-state index < -0.39 is 24.5 Å². The minimum absolute atomic E-state index is 0.0106. The van der Waals surface area contributed by atoms with Gasteiger partial charge in [-0.05, 0) is 62.7 Å². The van der Waals surface area contributed by atoms with Crippen LogP contribution in [0.1, 0.15) is 11.1 Å². The van der Waals surface area contributed by atoms with E-state index in [-0.39, 0.29) is 5.70 Å². The van der Waals surface area contributed by atoms with E-state index in [2.05, 4.69) is 27.9 Å². The Kier molecular flexibility index (Phi) is 6.50. The number of halogens is 1. The van der Waals surface area contributed by atoms with Crippen molar-refractivity contribution < 1.29 is 29.0 Å². The van der Waals surface area contributed by atoms with Gasteiger partial charge in [0, 0.05) is 0 Å². The second kappa shape index (κ2) is 9.49. The van der Waals surface area contributed by atoms with E-state index in [9.17, 15) is 14.4 Å². The molecule has 0 aromatic heterocycles. The first kappa shape index (κ1) is 22.6. The van der Waals surface area contributed by atoms with Gasteiger partial charge in [-0.2, -0.15) is 0 Å². The van der Waals surface area contributed by atoms with E-state index in [0.717, 1.165) is 19.9 Å². The number of fused-ring (bicyclic) bond motifs is 1. The van der Waals surface area contributed by atoms with Crippen LogP contribution < -0.4 is 14.8 Å². The maximum Gasteiger partial charge on any atom is 0.329 e. The van der Waals surface area contributed by atoms with Gasteiger partial charge in [-0.1, -0.05) is 42.5 Å². The molecule has 1 heterocycles. The summed E-state index contributed by atoms with van der Waals surface area (Å²) in [7, 11) is 1.52. The van der Waals surface area contributed by atoms with Crippen LogP contribution in [0.3, 0.4) is 0 Å². The summed E-state index contributed by atoms with van der Waals surface area (Å²) in [5.41, 5.74) is 1.62. The van der Waals surface area contributed by atoms with Crippen molar-refractivity contribution in [3.63, 3.8) is 0 Å². The molecule has 3 aromatic rings. The summed E-state index contributed by atoms with van der Waals surface area (Å²) in [5, 5.41) is 13.5. The Hall–Kier alpha value is -3.60. The second-order valence-electron chi connectivity index (χ2n) is 7.23. The molecule has 1 saturated heterocycles. The lowest BCUT2D eigenvalue weighted by Gasteiger charge is -2.15. The average molecular weight is 558 g/mol. The highest BCUT2D eigenvalue weighted by Gasteiger charge is 2.34. The van der Waals surface area contributed by atoms with Crippen LogP contribution in [0.2, 0.25) is 0 Å². The van der Waals surface area contributed by atoms with Crippen LogP contribution in [0.25, 0.3) is 16.8 Å². The SMILES string of the molecule is COc1cc(/C=C2/NC(=O)N(CC(=O)O)C2=O)cc(I)c1OCc1cccc2ccccc12. The van der Waals surface area contributed by atoms with Gasteiger partial charge in [0.2, 0.25) is 0 Å². The van der Waals surface area contributed by atoms with Crippen LogP contribution in [0.15, 0.2) is 60.3 Å². The van der Waals surface area contributed by atoms with Crippen molar-refractivity contribution in [2.45, 2.75) is 6.61 Å². The van der Waals surface area contributed by atoms with Crippen LogP contribution in [0.5, 0.6) is 11.5 Å². The molecular formula is C24H19IN2O6. The lowest BCUT2D eigenvalue weighted by atomic mass is 10.1. The largest absolute Gasteiger partial charge is 0.493 e. The summed E-state index contributed by atoms with van der Waals surface area (Å²) in [5.74, 6) is -0.952. The highest BCUT2D eigenvalue weighted by atomic mass is 127. The molecule has 0 aliphatic carbocycles. The Morgan fingerprint density at radius 1 is 1.15 bits per heavy atom. The van der Waals surface area contributed by atoms with E-state index in [0.29, 0.717) is 28.6 Å². The topological polar surface area (TPSA) is 105 Å². The Morgan fingerprint density at radius 2 is 1.91 bits per heavy atom. The van der Waals surface area contributed by atoms with Crippen molar-refractivity contribution >= 4 is 57.3 Å². The number of hydrogen-bond donors (Lipinski definition) is 2. The number of carbonyl (C=O) groups excluding carboxylic acids is 2. The Labute approximate surface area is 202 Å². The fraction of sp³-hybridized carbons (Fsp3) is 0.125. The zero-order valence-electron chi connectivity index (χ0n) is 17.5. The van der Waals surface area contributed by atoms with Gasteiger partial charge >= 0.3 is 12.0 Å². The summed E-state index contributed by atoms with van der Waals surface area (Å²) in [4.78, 5) is 35.8. The molecule has 9 heteroatoms. The number of carboxylic acids is 1. The molecule has 1 aliphatic heterocycles. The number of methoxy groups -OCH3 is 1. The van der Waals surface area contributed by atoms with Crippen molar-refractivity contribution in [3.8, 4) is 11.5 Å². The van der Waals surface area contributed by atoms with Crippen LogP contribution >= 0.6 is 22.6 Å². The quantitative estimate of drug-likeness (QED) is 0.258. The second-order valence-corrected chi connectivity index (χ2v) is 8.40. The molecule has 0 unspecified atom stereocenters. The maximum absolute atomic E-state index is 12.4. The molecule has 0 atom stereocenters. The third-order valence-corrected chi connectivity index (χ3v) is 5.87. The predicted molar refractivity (Wildman–Crippen MR) is 130 cm³/mol. The molecule has 3 aromatic carbocycles. The van der Waals surface area contributed by atoms with Gasteiger partial charge in [0.15, 0.2) is 11.5 Å². The lowest BCUT2D eigenvalue weighted by Crippen LogP contribution is -2.35. The van der Waals surface area contributed by atoms with Crippen molar-refractivity contribution in [2.24, 2.45) is 0 Å². The standard InChI is InChI=1S/C24H19IN2O6/c1-32-20-11-14(10-19-23(30)27(12-21(28)29)24(31)26-19)9-18(25)22(20)33-13-16-7-4-6-15-5-2-3-8-17(15)16/h2-11H,12-13H2,1H3,(H,26,31)(H,28,29)/b19-10+. The minimum atomic E-state index is -1.27. The molecule has 2 N–H and O–H groups in total. The van der Waals surface area contributed by atoms with E-state index in [4.69, 9.17) is 14.6 Å². The normalized spacial score (nSPS) is 14.6. The van der Waals surface area contributed by atoms with Crippen LogP contribution in [-0.4, -0.2) is 41.6 Å². The number of rotatable bonds is 7. The van der Waals surface area contributed by atoms with E-state index in [1.807, 2.05) is 42.5 Å². The van der Waals surface area contributed by atoms with Gasteiger partial charge in [0.25, 0.3) is 5.91 Å². The molecule has 168 valence electrons. The van der Waals surface area contributed by atoms with Gasteiger partial charge in [0.1, 0.15) is 18.8 Å². The number of nitrogens with zero attached hydrogens (tertiary/aromatic N) is 1. The number of benzene rings is 3. The van der Waals surface area contributed by atoms with E-state index in [1.54, 1.807) is 12.1 Å². The first-order chi connectivity index (χ1) is 15.9. The third-order valence-electron chi connectivity index (χ3n) is 5.07. The molecule has 4 rings (SSSR count). The average Bonchev–Trinajstić information content (AvgIpc) is 3.05. The Morgan fingerprint density at radius 3 is 2.67 bits per heavy atom. The van der Waals surface area contributed by atoms with Gasteiger partial charge in [-0.25, -0.2) is 9.69 Å². The zero-order chi connectivity index (χ0) is 23.5. The molecule has 3 amide bonds. The summed E-state index contributed by atoms with van der Waals surface area (Å²) in [6.45, 7) is -0.364. The highest BCUT2D eigenvalue weighted by molar-refractivity contribution is 14.1. The van der Waals surface area contributed by atoms with Crippen molar-refractivity contribution in [1.29, 1.82) is 0 Å². The first-order valence-corrected chi connectivity index (χ1v) is 11.0. The number of aliphatic carboxylic acids is 1. The van der Waals surface area contributed by atoms with Crippen molar-refractivity contribution in [1.82, 2.24) is 10.2 Å². The third kappa shape index (κ3) is 4.77. The first-order valence-electron chi connectivity index (χ1n) is 9.90. The number of hydrogen-bond acceptors (Lipinski definition) is 5. The summed E-state index contributed by atoms with van der Waals surface area (Å²) in [6, 6.07) is 16.8. The monoisotopic (exact) mass is 558 g/mol. The molecule has 33 heavy (non-hydrogen) atoms. The van der Waals surface area contributed by atoms with Gasteiger partial charge < -0.3 is 19.9 Å². The van der Waals surface area contributed by atoms with E-state index in [1.165, 1.54) is 13.2 Å². The Bertz CT molecular complexity index is 1300. The summed E-state index contributed by atoms with van der Waals surface area (Å²) >= 11 is 2.12. The highest BCUT2D eigenvalue weighted by Crippen LogP contribution is 2.36. The molecule has 1 aliphatic rings. The molecule has 0 saturated carbocycles. The number of carbonyl (C=O) groups is 3. The van der Waals surface area contributed by atoms with Crippen LogP contribution in [0.4, 0.5) is 4.79 Å². The zero-order valence-corrected chi connectivity index (χ0v) is 19.7. The number of amides is 3. The fourth-order valence-corrected chi connectivity index (χ4v) is 4.33. The Balaban J connectivity index is 1.59. The molecule has 0 spiro atoms. The number of nitrogens with one attached hydrogen (secondary N) is 1. The van der Waals surface area contributed by atoms with Gasteiger partial charge in [-0.15, -0.1) is 0 Å². The van der Waals surface area contributed by atoms with Gasteiger partial charge in [-0.3, -0.25) is 9.59 Å². The number of imide groups is 1. The molecule has 0 bridgehead atoms. The molecule has 0 radical (unpaired) electrons. The van der Waals surface area contributed by atoms with E-state index >= 15 is 0 Å². The number of urea groups is 1. The van der Waals surface area contributed by atoms with Crippen LogP contribution in [-0.2, 0) is 16.2 Å². The smallest absolute Gasteiger partial charge is 0.329 e. The lowest BCUT2D eigenvalue weighted by molar-refractivity contribution is -0.140. The molecule has 1 fully saturated rings. The van der Waals surface area contributed by atoms with Crippen molar-refractivity contribution in [2.75, 3.05) is 13.7 Å². The molecule has 8 nitrogen and oxygen atoms in total. The number of ether oxygens (including phenoxy) is 2. The van der Waals surface area contributed by atoms with Crippen molar-refractivity contribution in [3.05, 3.63) is 75.0 Å². The van der Waals surface area contributed by atoms with Crippen LogP contribution in [0, 0.1) is 3.57 Å². The minimum Gasteiger partial charge on any atom is -0.493 e. The maximum atomic E-state index is 12.4. The molecular weight excluding hydrogens is 539 g/mol. The summed E-state index contributed by atoms with van der Waals surface area (Å²) < 4.78 is 12.4. The number of carboxylic acid groups (broad SMARTS) is 1. The summed E-state index contributed by atoms with van der Waals surface area (Å²) in [6.07, 6.45) is 1.47.